The van der Waals surface area contributed by atoms with Crippen LogP contribution in [0.1, 0.15) is 22.9 Å². The summed E-state index contributed by atoms with van der Waals surface area (Å²) < 4.78 is 12.4. The molecule has 0 N–H and O–H groups in total. The molecule has 0 saturated heterocycles. The van der Waals surface area contributed by atoms with E-state index in [-0.39, 0.29) is 23.9 Å². The maximum absolute atomic E-state index is 13.5. The van der Waals surface area contributed by atoms with E-state index >= 15 is 0 Å². The molecule has 5 rings (SSSR count). The second-order valence-electron chi connectivity index (χ2n) is 7.78. The maximum atomic E-state index is 13.5. The highest BCUT2D eigenvalue weighted by Crippen LogP contribution is 2.38. The van der Waals surface area contributed by atoms with Crippen molar-refractivity contribution in [1.82, 2.24) is 14.8 Å². The normalized spacial score (nSPS) is 15.4. The van der Waals surface area contributed by atoms with Crippen LogP contribution in [0, 0.1) is 0 Å². The summed E-state index contributed by atoms with van der Waals surface area (Å²) in [6.07, 6.45) is 1.81. The van der Waals surface area contributed by atoms with Gasteiger partial charge in [0.15, 0.2) is 11.5 Å². The van der Waals surface area contributed by atoms with Gasteiger partial charge in [0.05, 0.1) is 42.6 Å². The monoisotopic (exact) mass is 474 g/mol. The van der Waals surface area contributed by atoms with E-state index < -0.39 is 0 Å². The van der Waals surface area contributed by atoms with Gasteiger partial charge in [-0.15, -0.1) is 11.3 Å². The maximum Gasteiger partial charge on any atom is 0.264 e. The van der Waals surface area contributed by atoms with Crippen LogP contribution in [0.4, 0.5) is 0 Å². The Morgan fingerprint density at radius 1 is 1.09 bits per heavy atom. The molecule has 1 amide bonds. The van der Waals surface area contributed by atoms with Gasteiger partial charge in [0, 0.05) is 11.8 Å². The van der Waals surface area contributed by atoms with Gasteiger partial charge in [-0.25, -0.2) is 5.01 Å². The average Bonchev–Trinajstić information content (AvgIpc) is 3.56. The van der Waals surface area contributed by atoms with Crippen molar-refractivity contribution in [3.05, 3.63) is 86.8 Å². The quantitative estimate of drug-likeness (QED) is 0.424. The number of amides is 1. The fourth-order valence-electron chi connectivity index (χ4n) is 4.14. The highest BCUT2D eigenvalue weighted by molar-refractivity contribution is 7.12. The Kier molecular flexibility index (Phi) is 5.85. The topological polar surface area (TPSA) is 86.0 Å². The van der Waals surface area contributed by atoms with Gasteiger partial charge in [-0.2, -0.15) is 10.2 Å². The second-order valence-corrected chi connectivity index (χ2v) is 8.73. The first-order chi connectivity index (χ1) is 16.6. The number of para-hydroxylation sites is 1. The summed E-state index contributed by atoms with van der Waals surface area (Å²) in [4.78, 5) is 26.8. The molecule has 0 bridgehead atoms. The first-order valence-electron chi connectivity index (χ1n) is 10.7. The van der Waals surface area contributed by atoms with Crippen molar-refractivity contribution in [3.8, 4) is 11.5 Å². The fourth-order valence-corrected chi connectivity index (χ4v) is 4.86. The number of carbonyl (C=O) groups excluding carboxylic acids is 1. The number of fused-ring (bicyclic) bond motifs is 1. The molecule has 1 aliphatic rings. The molecule has 172 valence electrons. The predicted molar refractivity (Wildman–Crippen MR) is 131 cm³/mol. The Morgan fingerprint density at radius 2 is 1.91 bits per heavy atom. The lowest BCUT2D eigenvalue weighted by Gasteiger charge is -2.23. The molecule has 3 heterocycles. The van der Waals surface area contributed by atoms with Gasteiger partial charge in [0.25, 0.3) is 5.91 Å². The van der Waals surface area contributed by atoms with Crippen LogP contribution in [0.15, 0.2) is 76.1 Å². The number of carbonyl (C=O) groups is 1. The molecule has 0 spiro atoms. The van der Waals surface area contributed by atoms with Gasteiger partial charge < -0.3 is 9.47 Å². The van der Waals surface area contributed by atoms with E-state index in [9.17, 15) is 9.59 Å². The van der Waals surface area contributed by atoms with E-state index in [1.54, 1.807) is 48.4 Å². The number of hydrogen-bond acceptors (Lipinski definition) is 7. The Morgan fingerprint density at radius 3 is 2.68 bits per heavy atom. The lowest BCUT2D eigenvalue weighted by molar-refractivity contribution is -0.133. The summed E-state index contributed by atoms with van der Waals surface area (Å²) >= 11 is 1.59. The van der Waals surface area contributed by atoms with Gasteiger partial charge in [-0.05, 0) is 41.3 Å². The standard InChI is InChI=1S/C25H22N4O4S/c1-32-22-10-9-16(12-23(22)33-2)20-13-18(24-8-5-11-34-24)27-29(20)25(31)15-28-19-7-4-3-6-17(19)21(30)14-26-28/h3-12,14,20H,13,15H2,1-2H3/t20-/m1/s1. The molecule has 2 aromatic carbocycles. The molecule has 0 fully saturated rings. The van der Waals surface area contributed by atoms with Gasteiger partial charge in [0.1, 0.15) is 6.54 Å². The fraction of sp³-hybridized carbons (Fsp3) is 0.200. The number of methoxy groups -OCH3 is 2. The smallest absolute Gasteiger partial charge is 0.264 e. The lowest BCUT2D eigenvalue weighted by atomic mass is 10.0. The van der Waals surface area contributed by atoms with Crippen LogP contribution in [-0.2, 0) is 11.3 Å². The van der Waals surface area contributed by atoms with E-state index in [4.69, 9.17) is 14.6 Å². The second kappa shape index (κ2) is 9.11. The van der Waals surface area contributed by atoms with Crippen LogP contribution >= 0.6 is 11.3 Å². The molecule has 0 unspecified atom stereocenters. The van der Waals surface area contributed by atoms with E-state index in [1.807, 2.05) is 41.8 Å². The summed E-state index contributed by atoms with van der Waals surface area (Å²) in [7, 11) is 3.17. The van der Waals surface area contributed by atoms with E-state index in [0.29, 0.717) is 28.8 Å². The number of rotatable bonds is 6. The number of hydrazone groups is 1. The van der Waals surface area contributed by atoms with Crippen LogP contribution < -0.4 is 14.9 Å². The summed E-state index contributed by atoms with van der Waals surface area (Å²) in [6.45, 7) is -0.0498. The number of aromatic nitrogens is 2. The molecule has 4 aromatic rings. The number of ether oxygens (including phenoxy) is 2. The van der Waals surface area contributed by atoms with Gasteiger partial charge in [0.2, 0.25) is 5.43 Å². The Bertz CT molecular complexity index is 1450. The molecule has 8 nitrogen and oxygen atoms in total. The molecule has 9 heteroatoms. The minimum absolute atomic E-state index is 0.0498. The van der Waals surface area contributed by atoms with Crippen molar-refractivity contribution >= 4 is 33.9 Å². The van der Waals surface area contributed by atoms with Crippen LogP contribution in [0.5, 0.6) is 11.5 Å². The summed E-state index contributed by atoms with van der Waals surface area (Å²) in [5.41, 5.74) is 2.16. The highest BCUT2D eigenvalue weighted by Gasteiger charge is 2.34. The summed E-state index contributed by atoms with van der Waals surface area (Å²) in [5.74, 6) is 0.975. The van der Waals surface area contributed by atoms with Crippen molar-refractivity contribution in [2.24, 2.45) is 5.10 Å². The van der Waals surface area contributed by atoms with Crippen molar-refractivity contribution in [1.29, 1.82) is 0 Å². The molecule has 2 aromatic heterocycles. The predicted octanol–water partition coefficient (Wildman–Crippen LogP) is 3.85. The van der Waals surface area contributed by atoms with Crippen molar-refractivity contribution in [3.63, 3.8) is 0 Å². The summed E-state index contributed by atoms with van der Waals surface area (Å²) in [5, 5.41) is 13.0. The zero-order chi connectivity index (χ0) is 23.7. The third-order valence-electron chi connectivity index (χ3n) is 5.81. The Balaban J connectivity index is 1.52. The van der Waals surface area contributed by atoms with E-state index in [0.717, 1.165) is 16.2 Å². The van der Waals surface area contributed by atoms with Gasteiger partial charge in [-0.3, -0.25) is 14.3 Å². The molecule has 34 heavy (non-hydrogen) atoms. The number of thiophene rings is 1. The third-order valence-corrected chi connectivity index (χ3v) is 6.73. The zero-order valence-corrected chi connectivity index (χ0v) is 19.5. The van der Waals surface area contributed by atoms with Crippen molar-refractivity contribution < 1.29 is 14.3 Å². The molecule has 1 atom stereocenters. The van der Waals surface area contributed by atoms with E-state index in [2.05, 4.69) is 5.10 Å². The van der Waals surface area contributed by atoms with Gasteiger partial charge in [-0.1, -0.05) is 24.3 Å². The Labute approximate surface area is 199 Å². The molecule has 1 aliphatic heterocycles. The largest absolute Gasteiger partial charge is 0.493 e. The first-order valence-corrected chi connectivity index (χ1v) is 11.6. The molecule has 0 saturated carbocycles. The Hall–Kier alpha value is -3.98. The molecular formula is C25H22N4O4S. The lowest BCUT2D eigenvalue weighted by Crippen LogP contribution is -2.31. The zero-order valence-electron chi connectivity index (χ0n) is 18.7. The molecular weight excluding hydrogens is 452 g/mol. The van der Waals surface area contributed by atoms with Crippen LogP contribution in [0.25, 0.3) is 10.9 Å². The SMILES string of the molecule is COc1ccc([C@H]2CC(c3cccs3)=NN2C(=O)Cn2ncc(=O)c3ccccc32)cc1OC. The van der Waals surface area contributed by atoms with Crippen LogP contribution in [-0.4, -0.2) is 40.6 Å². The van der Waals surface area contributed by atoms with E-state index in [1.165, 1.54) is 11.2 Å². The van der Waals surface area contributed by atoms with Crippen LogP contribution in [0.3, 0.4) is 0 Å². The minimum Gasteiger partial charge on any atom is -0.493 e. The highest BCUT2D eigenvalue weighted by atomic mass is 32.1. The average molecular weight is 475 g/mol. The van der Waals surface area contributed by atoms with Gasteiger partial charge >= 0.3 is 0 Å². The summed E-state index contributed by atoms with van der Waals surface area (Å²) in [6, 6.07) is 16.4. The molecule has 0 aliphatic carbocycles. The third kappa shape index (κ3) is 3.94. The first kappa shape index (κ1) is 21.8. The number of benzene rings is 2. The molecule has 0 radical (unpaired) electrons. The van der Waals surface area contributed by atoms with Crippen molar-refractivity contribution in [2.75, 3.05) is 14.2 Å². The van der Waals surface area contributed by atoms with Crippen molar-refractivity contribution in [2.45, 2.75) is 19.0 Å². The van der Waals surface area contributed by atoms with Crippen LogP contribution in [0.2, 0.25) is 0 Å². The minimum atomic E-state index is -0.310. The number of nitrogens with zero attached hydrogens (tertiary/aromatic N) is 4. The number of hydrogen-bond donors (Lipinski definition) is 0.